The molecule has 0 radical (unpaired) electrons. The highest BCUT2D eigenvalue weighted by atomic mass is 16.6. The Hall–Kier alpha value is -1.71. The minimum absolute atomic E-state index is 0.139. The maximum Gasteiger partial charge on any atom is 0.350 e. The van der Waals surface area contributed by atoms with Gasteiger partial charge >= 0.3 is 5.97 Å². The smallest absolute Gasteiger partial charge is 0.350 e. The number of aryl methyl sites for hydroxylation is 1. The van der Waals surface area contributed by atoms with Crippen molar-refractivity contribution in [1.29, 1.82) is 0 Å². The number of benzene rings is 1. The number of carbonyl (C=O) groups is 1. The fourth-order valence-electron chi connectivity index (χ4n) is 2.17. The summed E-state index contributed by atoms with van der Waals surface area (Å²) in [5.41, 5.74) is 0.103. The van der Waals surface area contributed by atoms with Gasteiger partial charge in [0.05, 0.1) is 7.11 Å². The molecular weight excluding hydrogens is 220 g/mol. The van der Waals surface area contributed by atoms with Crippen LogP contribution in [0.5, 0.6) is 11.5 Å². The van der Waals surface area contributed by atoms with Crippen LogP contribution in [0, 0.1) is 0 Å². The molecule has 0 fully saturated rings. The van der Waals surface area contributed by atoms with Gasteiger partial charge in [0.1, 0.15) is 11.5 Å². The van der Waals surface area contributed by atoms with Crippen LogP contribution in [0.25, 0.3) is 0 Å². The fourth-order valence-corrected chi connectivity index (χ4v) is 2.17. The molecule has 4 nitrogen and oxygen atoms in total. The number of hydrogen-bond donors (Lipinski definition) is 1. The number of methoxy groups -OCH3 is 1. The number of ether oxygens (including phenoxy) is 2. The molecule has 0 saturated heterocycles. The Kier molecular flexibility index (Phi) is 2.96. The fraction of sp³-hybridized carbons (Fsp3) is 0.462. The van der Waals surface area contributed by atoms with Crippen molar-refractivity contribution >= 4 is 5.97 Å². The van der Waals surface area contributed by atoms with Gasteiger partial charge in [0.15, 0.2) is 0 Å². The molecule has 0 saturated carbocycles. The zero-order valence-electron chi connectivity index (χ0n) is 10.0. The summed E-state index contributed by atoms with van der Waals surface area (Å²) < 4.78 is 10.6. The van der Waals surface area contributed by atoms with Crippen LogP contribution < -0.4 is 4.74 Å². The van der Waals surface area contributed by atoms with Crippen molar-refractivity contribution in [1.82, 2.24) is 0 Å². The highest BCUT2D eigenvalue weighted by Crippen LogP contribution is 2.37. The Morgan fingerprint density at radius 3 is 3.00 bits per heavy atom. The zero-order valence-corrected chi connectivity index (χ0v) is 10.0. The average molecular weight is 236 g/mol. The molecule has 1 atom stereocenters. The third kappa shape index (κ3) is 1.95. The lowest BCUT2D eigenvalue weighted by Crippen LogP contribution is -2.47. The number of rotatable bonds is 2. The predicted molar refractivity (Wildman–Crippen MR) is 62.1 cm³/mol. The standard InChI is InChI=1S/C13H16O4/c1-3-13(12(15)16-2)7-6-9-4-5-10(14)8-11(9)17-13/h4-5,8,14H,3,6-7H2,1-2H3/t13-/m0/s1. The SMILES string of the molecule is CC[C@@]1(C(=O)OC)CCc2ccc(O)cc2O1. The predicted octanol–water partition coefficient (Wildman–Crippen LogP) is 2.04. The summed E-state index contributed by atoms with van der Waals surface area (Å²) >= 11 is 0. The number of aromatic hydroxyl groups is 1. The minimum atomic E-state index is -0.907. The van der Waals surface area contributed by atoms with Crippen LogP contribution in [0.3, 0.4) is 0 Å². The zero-order chi connectivity index (χ0) is 12.5. The molecule has 0 unspecified atom stereocenters. The Morgan fingerprint density at radius 2 is 2.35 bits per heavy atom. The first kappa shape index (κ1) is 11.8. The van der Waals surface area contributed by atoms with Gasteiger partial charge in [0.25, 0.3) is 0 Å². The van der Waals surface area contributed by atoms with E-state index in [9.17, 15) is 9.90 Å². The number of phenols is 1. The molecule has 0 aliphatic carbocycles. The molecule has 0 aromatic heterocycles. The minimum Gasteiger partial charge on any atom is -0.508 e. The molecular formula is C13H16O4. The summed E-state index contributed by atoms with van der Waals surface area (Å²) in [7, 11) is 1.36. The molecule has 1 aromatic rings. The largest absolute Gasteiger partial charge is 0.508 e. The van der Waals surface area contributed by atoms with E-state index < -0.39 is 5.60 Å². The first-order chi connectivity index (χ1) is 8.11. The van der Waals surface area contributed by atoms with Crippen LogP contribution in [-0.4, -0.2) is 23.8 Å². The van der Waals surface area contributed by atoms with Crippen LogP contribution in [0.4, 0.5) is 0 Å². The van der Waals surface area contributed by atoms with Crippen LogP contribution >= 0.6 is 0 Å². The van der Waals surface area contributed by atoms with E-state index in [-0.39, 0.29) is 11.7 Å². The summed E-state index contributed by atoms with van der Waals surface area (Å²) in [4.78, 5) is 11.8. The van der Waals surface area contributed by atoms with E-state index in [0.717, 1.165) is 12.0 Å². The van der Waals surface area contributed by atoms with E-state index in [4.69, 9.17) is 9.47 Å². The van der Waals surface area contributed by atoms with Gasteiger partial charge in [-0.05, 0) is 24.5 Å². The summed E-state index contributed by atoms with van der Waals surface area (Å²) in [6, 6.07) is 4.99. The van der Waals surface area contributed by atoms with Crippen molar-refractivity contribution in [2.45, 2.75) is 31.8 Å². The molecule has 1 N–H and O–H groups in total. The summed E-state index contributed by atoms with van der Waals surface area (Å²) in [5.74, 6) is 0.359. The van der Waals surface area contributed by atoms with E-state index in [1.165, 1.54) is 7.11 Å². The van der Waals surface area contributed by atoms with Crippen molar-refractivity contribution in [3.8, 4) is 11.5 Å². The quantitative estimate of drug-likeness (QED) is 0.798. The second kappa shape index (κ2) is 4.28. The van der Waals surface area contributed by atoms with Crippen LogP contribution in [0.1, 0.15) is 25.3 Å². The van der Waals surface area contributed by atoms with Crippen molar-refractivity contribution in [3.63, 3.8) is 0 Å². The first-order valence-corrected chi connectivity index (χ1v) is 5.70. The third-order valence-electron chi connectivity index (χ3n) is 3.28. The second-order valence-corrected chi connectivity index (χ2v) is 4.23. The molecule has 0 spiro atoms. The normalized spacial score (nSPS) is 22.5. The summed E-state index contributed by atoms with van der Waals surface area (Å²) in [6.07, 6.45) is 1.90. The Labute approximate surface area is 100 Å². The van der Waals surface area contributed by atoms with Crippen LogP contribution in [0.2, 0.25) is 0 Å². The number of esters is 1. The Bertz CT molecular complexity index is 441. The van der Waals surface area contributed by atoms with E-state index in [1.807, 2.05) is 13.0 Å². The summed E-state index contributed by atoms with van der Waals surface area (Å²) in [6.45, 7) is 1.89. The number of carbonyl (C=O) groups excluding carboxylic acids is 1. The van der Waals surface area contributed by atoms with Gasteiger partial charge in [-0.1, -0.05) is 13.0 Å². The molecule has 0 amide bonds. The van der Waals surface area contributed by atoms with Gasteiger partial charge in [0.2, 0.25) is 5.60 Å². The van der Waals surface area contributed by atoms with Crippen molar-refractivity contribution < 1.29 is 19.4 Å². The van der Waals surface area contributed by atoms with E-state index in [2.05, 4.69) is 0 Å². The number of phenolic OH excluding ortho intramolecular Hbond substituents is 1. The van der Waals surface area contributed by atoms with Gasteiger partial charge in [0, 0.05) is 12.5 Å². The molecule has 0 bridgehead atoms. The van der Waals surface area contributed by atoms with Gasteiger partial charge in [-0.3, -0.25) is 0 Å². The topological polar surface area (TPSA) is 55.8 Å². The van der Waals surface area contributed by atoms with Crippen molar-refractivity contribution in [2.24, 2.45) is 0 Å². The van der Waals surface area contributed by atoms with Crippen LogP contribution in [0.15, 0.2) is 18.2 Å². The molecule has 1 aliphatic rings. The van der Waals surface area contributed by atoms with Gasteiger partial charge in [-0.25, -0.2) is 4.79 Å². The molecule has 4 heteroatoms. The summed E-state index contributed by atoms with van der Waals surface area (Å²) in [5, 5.41) is 9.43. The van der Waals surface area contributed by atoms with E-state index >= 15 is 0 Å². The highest BCUT2D eigenvalue weighted by molar-refractivity contribution is 5.80. The lowest BCUT2D eigenvalue weighted by atomic mass is 9.89. The molecule has 1 heterocycles. The average Bonchev–Trinajstić information content (AvgIpc) is 2.36. The molecule has 2 rings (SSSR count). The second-order valence-electron chi connectivity index (χ2n) is 4.23. The van der Waals surface area contributed by atoms with E-state index in [0.29, 0.717) is 18.6 Å². The lowest BCUT2D eigenvalue weighted by molar-refractivity contribution is -0.161. The van der Waals surface area contributed by atoms with Gasteiger partial charge in [-0.15, -0.1) is 0 Å². The van der Waals surface area contributed by atoms with Gasteiger partial charge in [-0.2, -0.15) is 0 Å². The first-order valence-electron chi connectivity index (χ1n) is 5.70. The third-order valence-corrected chi connectivity index (χ3v) is 3.28. The molecule has 17 heavy (non-hydrogen) atoms. The highest BCUT2D eigenvalue weighted by Gasteiger charge is 2.43. The van der Waals surface area contributed by atoms with E-state index in [1.54, 1.807) is 12.1 Å². The lowest BCUT2D eigenvalue weighted by Gasteiger charge is -2.35. The van der Waals surface area contributed by atoms with Crippen LogP contribution in [-0.2, 0) is 16.0 Å². The number of hydrogen-bond acceptors (Lipinski definition) is 4. The maximum absolute atomic E-state index is 11.8. The number of fused-ring (bicyclic) bond motifs is 1. The van der Waals surface area contributed by atoms with Crippen molar-refractivity contribution in [2.75, 3.05) is 7.11 Å². The molecule has 92 valence electrons. The molecule has 1 aromatic carbocycles. The van der Waals surface area contributed by atoms with Gasteiger partial charge < -0.3 is 14.6 Å². The molecule has 1 aliphatic heterocycles. The van der Waals surface area contributed by atoms with Crippen molar-refractivity contribution in [3.05, 3.63) is 23.8 Å². The Balaban J connectivity index is 2.35. The monoisotopic (exact) mass is 236 g/mol. The maximum atomic E-state index is 11.8. The Morgan fingerprint density at radius 1 is 1.59 bits per heavy atom.